The Morgan fingerprint density at radius 3 is 1.74 bits per heavy atom. The van der Waals surface area contributed by atoms with Crippen molar-refractivity contribution < 1.29 is 27.9 Å². The third kappa shape index (κ3) is 4.93. The lowest BCUT2D eigenvalue weighted by atomic mass is 10.2. The van der Waals surface area contributed by atoms with Gasteiger partial charge in [-0.3, -0.25) is 0 Å². The van der Waals surface area contributed by atoms with Crippen molar-refractivity contribution in [2.75, 3.05) is 39.3 Å². The van der Waals surface area contributed by atoms with E-state index < -0.39 is 12.1 Å². The van der Waals surface area contributed by atoms with Crippen LogP contribution in [0.1, 0.15) is 6.42 Å². The van der Waals surface area contributed by atoms with Gasteiger partial charge in [-0.1, -0.05) is 0 Å². The summed E-state index contributed by atoms with van der Waals surface area (Å²) in [5.74, 6) is -2.76. The van der Waals surface area contributed by atoms with E-state index in [4.69, 9.17) is 9.90 Å². The normalized spacial score (nSPS) is 19.1. The van der Waals surface area contributed by atoms with Crippen molar-refractivity contribution in [2.45, 2.75) is 12.6 Å². The molecule has 0 aromatic rings. The Morgan fingerprint density at radius 1 is 1.00 bits per heavy atom. The van der Waals surface area contributed by atoms with Crippen molar-refractivity contribution in [1.29, 1.82) is 0 Å². The predicted octanol–water partition coefficient (Wildman–Crippen LogP) is 0.351. The number of carboxylic acid groups (broad SMARTS) is 1. The molecule has 9 heteroatoms. The highest BCUT2D eigenvalue weighted by Gasteiger charge is 2.38. The second-order valence-electron chi connectivity index (χ2n) is 4.16. The van der Waals surface area contributed by atoms with E-state index in [-0.39, 0.29) is 6.03 Å². The molecule has 0 saturated carbocycles. The molecule has 0 aromatic carbocycles. The summed E-state index contributed by atoms with van der Waals surface area (Å²) in [6.45, 7) is 5.55. The maximum atomic E-state index is 11.6. The molecule has 2 N–H and O–H groups in total. The van der Waals surface area contributed by atoms with Gasteiger partial charge in [-0.05, 0) is 6.42 Å². The number of likely N-dealkylation sites (tertiary alicyclic amines) is 1. The van der Waals surface area contributed by atoms with Gasteiger partial charge in [0.05, 0.1) is 0 Å². The van der Waals surface area contributed by atoms with Crippen molar-refractivity contribution in [3.05, 3.63) is 0 Å². The lowest BCUT2D eigenvalue weighted by Gasteiger charge is -2.37. The monoisotopic (exact) mass is 283 g/mol. The van der Waals surface area contributed by atoms with Gasteiger partial charge in [0.1, 0.15) is 0 Å². The molecule has 2 heterocycles. The fourth-order valence-corrected chi connectivity index (χ4v) is 1.56. The van der Waals surface area contributed by atoms with Crippen LogP contribution in [0.25, 0.3) is 0 Å². The molecule has 0 aromatic heterocycles. The molecule has 2 fully saturated rings. The van der Waals surface area contributed by atoms with Crippen LogP contribution in [0.3, 0.4) is 0 Å². The molecule has 0 bridgehead atoms. The van der Waals surface area contributed by atoms with Crippen LogP contribution < -0.4 is 5.32 Å². The molecule has 6 nitrogen and oxygen atoms in total. The largest absolute Gasteiger partial charge is 0.490 e. The second-order valence-corrected chi connectivity index (χ2v) is 4.16. The average Bonchev–Trinajstić information content (AvgIpc) is 2.27. The highest BCUT2D eigenvalue weighted by molar-refractivity contribution is 5.75. The molecule has 0 aliphatic carbocycles. The number of nitrogens with zero attached hydrogens (tertiary/aromatic N) is 2. The first-order chi connectivity index (χ1) is 8.82. The number of rotatable bonds is 0. The molecular weight excluding hydrogens is 267 g/mol. The first-order valence-electron chi connectivity index (χ1n) is 5.87. The number of amides is 2. The number of piperazine rings is 1. The van der Waals surface area contributed by atoms with Gasteiger partial charge in [-0.15, -0.1) is 0 Å². The summed E-state index contributed by atoms with van der Waals surface area (Å²) < 4.78 is 31.7. The lowest BCUT2D eigenvalue weighted by molar-refractivity contribution is -0.192. The maximum Gasteiger partial charge on any atom is 0.490 e. The zero-order chi connectivity index (χ0) is 14.5. The van der Waals surface area contributed by atoms with Gasteiger partial charge in [0.15, 0.2) is 0 Å². The number of carbonyl (C=O) groups is 2. The van der Waals surface area contributed by atoms with Crippen molar-refractivity contribution >= 4 is 12.0 Å². The standard InChI is InChI=1S/C8H15N3O.C2HF3O2/c12-8(10-4-1-5-10)11-6-2-9-3-7-11;3-2(4,5)1(6)7/h9H,1-7H2;(H,6,7). The minimum atomic E-state index is -5.08. The van der Waals surface area contributed by atoms with Gasteiger partial charge in [0, 0.05) is 39.3 Å². The zero-order valence-electron chi connectivity index (χ0n) is 10.2. The number of halogens is 3. The molecule has 2 rings (SSSR count). The number of aliphatic carboxylic acids is 1. The van der Waals surface area contributed by atoms with Gasteiger partial charge in [-0.2, -0.15) is 13.2 Å². The van der Waals surface area contributed by atoms with E-state index in [0.717, 1.165) is 39.3 Å². The van der Waals surface area contributed by atoms with Crippen LogP contribution in [0.5, 0.6) is 0 Å². The van der Waals surface area contributed by atoms with Crippen LogP contribution >= 0.6 is 0 Å². The van der Waals surface area contributed by atoms with Crippen LogP contribution in [0.4, 0.5) is 18.0 Å². The summed E-state index contributed by atoms with van der Waals surface area (Å²) in [5, 5.41) is 10.4. The quantitative estimate of drug-likeness (QED) is 0.673. The Morgan fingerprint density at radius 2 is 1.42 bits per heavy atom. The first-order valence-corrected chi connectivity index (χ1v) is 5.87. The topological polar surface area (TPSA) is 72.9 Å². The zero-order valence-corrected chi connectivity index (χ0v) is 10.2. The molecular formula is C10H16F3N3O3. The maximum absolute atomic E-state index is 11.6. The van der Waals surface area contributed by atoms with Crippen molar-refractivity contribution in [3.8, 4) is 0 Å². The van der Waals surface area contributed by atoms with Crippen LogP contribution in [-0.2, 0) is 4.79 Å². The van der Waals surface area contributed by atoms with E-state index in [1.807, 2.05) is 9.80 Å². The Labute approximate surface area is 108 Å². The number of carboxylic acids is 1. The third-order valence-corrected chi connectivity index (χ3v) is 2.76. The summed E-state index contributed by atoms with van der Waals surface area (Å²) in [7, 11) is 0. The summed E-state index contributed by atoms with van der Waals surface area (Å²) in [5.41, 5.74) is 0. The van der Waals surface area contributed by atoms with E-state index in [0.29, 0.717) is 0 Å². The number of hydrogen-bond acceptors (Lipinski definition) is 3. The summed E-state index contributed by atoms with van der Waals surface area (Å²) in [6.07, 6.45) is -3.90. The van der Waals surface area contributed by atoms with E-state index in [9.17, 15) is 18.0 Å². The molecule has 0 spiro atoms. The fourth-order valence-electron chi connectivity index (χ4n) is 1.56. The minimum Gasteiger partial charge on any atom is -0.475 e. The molecule has 2 saturated heterocycles. The second kappa shape index (κ2) is 6.60. The molecule has 110 valence electrons. The molecule has 2 amide bonds. The average molecular weight is 283 g/mol. The Balaban J connectivity index is 0.000000224. The number of carbonyl (C=O) groups excluding carboxylic acids is 1. The van der Waals surface area contributed by atoms with Crippen molar-refractivity contribution in [1.82, 2.24) is 15.1 Å². The Kier molecular flexibility index (Phi) is 5.40. The fraction of sp³-hybridized carbons (Fsp3) is 0.800. The highest BCUT2D eigenvalue weighted by atomic mass is 19.4. The van der Waals surface area contributed by atoms with E-state index in [1.54, 1.807) is 0 Å². The molecule has 2 aliphatic rings. The van der Waals surface area contributed by atoms with Crippen LogP contribution in [0.2, 0.25) is 0 Å². The van der Waals surface area contributed by atoms with Gasteiger partial charge in [0.25, 0.3) is 0 Å². The smallest absolute Gasteiger partial charge is 0.475 e. The summed E-state index contributed by atoms with van der Waals surface area (Å²) in [6, 6.07) is 0.239. The number of urea groups is 1. The van der Waals surface area contributed by atoms with E-state index in [1.165, 1.54) is 6.42 Å². The van der Waals surface area contributed by atoms with Gasteiger partial charge >= 0.3 is 18.2 Å². The molecule has 19 heavy (non-hydrogen) atoms. The molecule has 2 aliphatic heterocycles. The van der Waals surface area contributed by atoms with Crippen molar-refractivity contribution in [2.24, 2.45) is 0 Å². The lowest BCUT2D eigenvalue weighted by Crippen LogP contribution is -2.54. The van der Waals surface area contributed by atoms with E-state index in [2.05, 4.69) is 5.32 Å². The molecule has 0 atom stereocenters. The van der Waals surface area contributed by atoms with Crippen LogP contribution in [0, 0.1) is 0 Å². The third-order valence-electron chi connectivity index (χ3n) is 2.76. The summed E-state index contributed by atoms with van der Waals surface area (Å²) in [4.78, 5) is 24.4. The highest BCUT2D eigenvalue weighted by Crippen LogP contribution is 2.13. The molecule has 0 unspecified atom stereocenters. The van der Waals surface area contributed by atoms with Crippen molar-refractivity contribution in [3.63, 3.8) is 0 Å². The van der Waals surface area contributed by atoms with Gasteiger partial charge < -0.3 is 20.2 Å². The number of alkyl halides is 3. The number of nitrogens with one attached hydrogen (secondary N) is 1. The first kappa shape index (κ1) is 15.5. The SMILES string of the molecule is O=C(N1CCC1)N1CCNCC1.O=C(O)C(F)(F)F. The Hall–Kier alpha value is -1.51. The Bertz CT molecular complexity index is 326. The number of hydrogen-bond donors (Lipinski definition) is 2. The van der Waals surface area contributed by atoms with Crippen LogP contribution in [-0.4, -0.2) is 72.4 Å². The molecule has 0 radical (unpaired) electrons. The van der Waals surface area contributed by atoms with Gasteiger partial charge in [-0.25, -0.2) is 9.59 Å². The van der Waals surface area contributed by atoms with Crippen LogP contribution in [0.15, 0.2) is 0 Å². The summed E-state index contributed by atoms with van der Waals surface area (Å²) >= 11 is 0. The predicted molar refractivity (Wildman–Crippen MR) is 59.7 cm³/mol. The van der Waals surface area contributed by atoms with E-state index >= 15 is 0 Å². The minimum absolute atomic E-state index is 0.239. The van der Waals surface area contributed by atoms with Gasteiger partial charge in [0.2, 0.25) is 0 Å².